The van der Waals surface area contributed by atoms with Gasteiger partial charge in [-0.1, -0.05) is 53.0 Å². The molecule has 1 aliphatic carbocycles. The Balaban J connectivity index is 2.37. The fourth-order valence-electron chi connectivity index (χ4n) is 2.81. The van der Waals surface area contributed by atoms with Gasteiger partial charge in [0.15, 0.2) is 0 Å². The van der Waals surface area contributed by atoms with Gasteiger partial charge in [-0.3, -0.25) is 4.79 Å². The van der Waals surface area contributed by atoms with Crippen LogP contribution in [0.25, 0.3) is 0 Å². The van der Waals surface area contributed by atoms with Crippen LogP contribution in [-0.4, -0.2) is 12.6 Å². The topological polar surface area (TPSA) is 26.3 Å². The van der Waals surface area contributed by atoms with Gasteiger partial charge in [0.2, 0.25) is 0 Å². The fourth-order valence-corrected chi connectivity index (χ4v) is 3.16. The average molecular weight is 311 g/mol. The summed E-state index contributed by atoms with van der Waals surface area (Å²) in [5.74, 6) is -0.0470. The Kier molecular flexibility index (Phi) is 4.44. The molecule has 2 rings (SSSR count). The summed E-state index contributed by atoms with van der Waals surface area (Å²) in [4.78, 5) is 12.3. The van der Waals surface area contributed by atoms with E-state index in [9.17, 15) is 4.79 Å². The number of hydrogen-bond acceptors (Lipinski definition) is 2. The zero-order chi connectivity index (χ0) is 13.0. The second kappa shape index (κ2) is 5.87. The first kappa shape index (κ1) is 13.6. The highest BCUT2D eigenvalue weighted by Crippen LogP contribution is 2.42. The van der Waals surface area contributed by atoms with E-state index in [1.807, 2.05) is 13.0 Å². The standard InChI is InChI=1S/C15H19BrO2/c1-2-18-14(17)15(8-3-4-9-15)13-7-5-6-12(10-13)11-16/h5-7,10H,2-4,8-9,11H2,1H3. The van der Waals surface area contributed by atoms with Gasteiger partial charge in [-0.25, -0.2) is 0 Å². The molecular weight excluding hydrogens is 292 g/mol. The lowest BCUT2D eigenvalue weighted by atomic mass is 9.78. The summed E-state index contributed by atoms with van der Waals surface area (Å²) in [6.45, 7) is 2.33. The minimum atomic E-state index is -0.395. The Morgan fingerprint density at radius 2 is 2.11 bits per heavy atom. The second-order valence-corrected chi connectivity index (χ2v) is 5.40. The number of carbonyl (C=O) groups is 1. The van der Waals surface area contributed by atoms with Gasteiger partial charge in [-0.05, 0) is 30.9 Å². The van der Waals surface area contributed by atoms with Crippen molar-refractivity contribution >= 4 is 21.9 Å². The van der Waals surface area contributed by atoms with Gasteiger partial charge in [0.25, 0.3) is 0 Å². The molecule has 0 saturated heterocycles. The quantitative estimate of drug-likeness (QED) is 0.621. The molecule has 0 heterocycles. The SMILES string of the molecule is CCOC(=O)C1(c2cccc(CBr)c2)CCCC1. The summed E-state index contributed by atoms with van der Waals surface area (Å²) in [6.07, 6.45) is 4.05. The smallest absolute Gasteiger partial charge is 0.316 e. The van der Waals surface area contributed by atoms with Crippen LogP contribution in [0.3, 0.4) is 0 Å². The van der Waals surface area contributed by atoms with E-state index in [1.165, 1.54) is 5.56 Å². The zero-order valence-electron chi connectivity index (χ0n) is 10.7. The summed E-state index contributed by atoms with van der Waals surface area (Å²) in [7, 11) is 0. The molecular formula is C15H19BrO2. The third-order valence-electron chi connectivity index (χ3n) is 3.76. The number of alkyl halides is 1. The lowest BCUT2D eigenvalue weighted by Crippen LogP contribution is -2.34. The van der Waals surface area contributed by atoms with Crippen molar-refractivity contribution in [3.8, 4) is 0 Å². The maximum Gasteiger partial charge on any atom is 0.316 e. The van der Waals surface area contributed by atoms with Crippen LogP contribution in [0.5, 0.6) is 0 Å². The molecule has 0 radical (unpaired) electrons. The molecule has 0 aliphatic heterocycles. The Morgan fingerprint density at radius 1 is 1.39 bits per heavy atom. The number of ether oxygens (including phenoxy) is 1. The highest BCUT2D eigenvalue weighted by molar-refractivity contribution is 9.08. The van der Waals surface area contributed by atoms with Crippen molar-refractivity contribution in [3.05, 3.63) is 35.4 Å². The number of rotatable bonds is 4. The zero-order valence-corrected chi connectivity index (χ0v) is 12.3. The van der Waals surface area contributed by atoms with E-state index >= 15 is 0 Å². The van der Waals surface area contributed by atoms with Crippen LogP contribution in [0.4, 0.5) is 0 Å². The molecule has 1 aromatic rings. The lowest BCUT2D eigenvalue weighted by molar-refractivity contribution is -0.150. The van der Waals surface area contributed by atoms with Crippen LogP contribution in [0.15, 0.2) is 24.3 Å². The number of hydrogen-bond donors (Lipinski definition) is 0. The Bertz CT molecular complexity index is 422. The highest BCUT2D eigenvalue weighted by atomic mass is 79.9. The van der Waals surface area contributed by atoms with Crippen molar-refractivity contribution in [3.63, 3.8) is 0 Å². The molecule has 1 fully saturated rings. The maximum absolute atomic E-state index is 12.3. The van der Waals surface area contributed by atoms with Gasteiger partial charge < -0.3 is 4.74 Å². The minimum Gasteiger partial charge on any atom is -0.465 e. The van der Waals surface area contributed by atoms with E-state index in [0.717, 1.165) is 36.6 Å². The molecule has 0 amide bonds. The van der Waals surface area contributed by atoms with Crippen LogP contribution >= 0.6 is 15.9 Å². The molecule has 18 heavy (non-hydrogen) atoms. The van der Waals surface area contributed by atoms with Gasteiger partial charge in [0.1, 0.15) is 0 Å². The van der Waals surface area contributed by atoms with E-state index in [-0.39, 0.29) is 5.97 Å². The summed E-state index contributed by atoms with van der Waals surface area (Å²) < 4.78 is 5.31. The molecule has 2 nitrogen and oxygen atoms in total. The Hall–Kier alpha value is -0.830. The molecule has 0 bridgehead atoms. The molecule has 0 N–H and O–H groups in total. The van der Waals surface area contributed by atoms with Crippen molar-refractivity contribution in [2.75, 3.05) is 6.61 Å². The van der Waals surface area contributed by atoms with Crippen molar-refractivity contribution in [2.45, 2.75) is 43.4 Å². The molecule has 3 heteroatoms. The molecule has 0 spiro atoms. The first-order chi connectivity index (χ1) is 8.73. The van der Waals surface area contributed by atoms with Crippen LogP contribution < -0.4 is 0 Å². The molecule has 98 valence electrons. The molecule has 1 aromatic carbocycles. The number of esters is 1. The first-order valence-electron chi connectivity index (χ1n) is 6.55. The monoisotopic (exact) mass is 310 g/mol. The Morgan fingerprint density at radius 3 is 2.72 bits per heavy atom. The van der Waals surface area contributed by atoms with E-state index in [2.05, 4.69) is 34.1 Å². The van der Waals surface area contributed by atoms with Crippen LogP contribution in [-0.2, 0) is 20.3 Å². The van der Waals surface area contributed by atoms with Gasteiger partial charge >= 0.3 is 5.97 Å². The third-order valence-corrected chi connectivity index (χ3v) is 4.40. The summed E-state index contributed by atoms with van der Waals surface area (Å²) >= 11 is 3.47. The summed E-state index contributed by atoms with van der Waals surface area (Å²) in [5, 5.41) is 0.819. The van der Waals surface area contributed by atoms with Gasteiger partial charge in [-0.15, -0.1) is 0 Å². The predicted octanol–water partition coefficient (Wildman–Crippen LogP) is 3.96. The average Bonchev–Trinajstić information content (AvgIpc) is 2.90. The maximum atomic E-state index is 12.3. The van der Waals surface area contributed by atoms with Crippen molar-refractivity contribution in [2.24, 2.45) is 0 Å². The third kappa shape index (κ3) is 2.46. The molecule has 1 saturated carbocycles. The van der Waals surface area contributed by atoms with Crippen LogP contribution in [0.2, 0.25) is 0 Å². The second-order valence-electron chi connectivity index (χ2n) is 4.84. The number of carbonyl (C=O) groups excluding carboxylic acids is 1. The van der Waals surface area contributed by atoms with E-state index < -0.39 is 5.41 Å². The molecule has 0 atom stereocenters. The van der Waals surface area contributed by atoms with Crippen LogP contribution in [0.1, 0.15) is 43.7 Å². The molecule has 0 unspecified atom stereocenters. The Labute approximate surface area is 117 Å². The fraction of sp³-hybridized carbons (Fsp3) is 0.533. The summed E-state index contributed by atoms with van der Waals surface area (Å²) in [6, 6.07) is 8.31. The van der Waals surface area contributed by atoms with Gasteiger partial charge in [0, 0.05) is 5.33 Å². The summed E-state index contributed by atoms with van der Waals surface area (Å²) in [5.41, 5.74) is 1.94. The lowest BCUT2D eigenvalue weighted by Gasteiger charge is -2.27. The first-order valence-corrected chi connectivity index (χ1v) is 7.67. The van der Waals surface area contributed by atoms with E-state index in [4.69, 9.17) is 4.74 Å². The van der Waals surface area contributed by atoms with E-state index in [1.54, 1.807) is 0 Å². The normalized spacial score (nSPS) is 17.7. The van der Waals surface area contributed by atoms with E-state index in [0.29, 0.717) is 6.61 Å². The van der Waals surface area contributed by atoms with Crippen LogP contribution in [0, 0.1) is 0 Å². The van der Waals surface area contributed by atoms with Gasteiger partial charge in [0.05, 0.1) is 12.0 Å². The minimum absolute atomic E-state index is 0.0470. The van der Waals surface area contributed by atoms with Crippen molar-refractivity contribution in [1.29, 1.82) is 0 Å². The highest BCUT2D eigenvalue weighted by Gasteiger charge is 2.44. The van der Waals surface area contributed by atoms with Crippen molar-refractivity contribution < 1.29 is 9.53 Å². The molecule has 0 aromatic heterocycles. The predicted molar refractivity (Wildman–Crippen MR) is 75.9 cm³/mol. The number of halogens is 1. The van der Waals surface area contributed by atoms with Crippen molar-refractivity contribution in [1.82, 2.24) is 0 Å². The largest absolute Gasteiger partial charge is 0.465 e. The van der Waals surface area contributed by atoms with Gasteiger partial charge in [-0.2, -0.15) is 0 Å². The molecule has 1 aliphatic rings. The number of benzene rings is 1.